The number of hydrogen-bond acceptors (Lipinski definition) is 6. The number of esters is 1. The van der Waals surface area contributed by atoms with Gasteiger partial charge in [-0.3, -0.25) is 4.79 Å². The van der Waals surface area contributed by atoms with E-state index in [4.69, 9.17) is 14.6 Å². The van der Waals surface area contributed by atoms with Crippen molar-refractivity contribution in [3.63, 3.8) is 0 Å². The minimum atomic E-state index is -1.23. The van der Waals surface area contributed by atoms with Crippen LogP contribution in [-0.4, -0.2) is 48.8 Å². The first-order valence-electron chi connectivity index (χ1n) is 11.9. The second-order valence-electron chi connectivity index (χ2n) is 8.61. The summed E-state index contributed by atoms with van der Waals surface area (Å²) in [6, 6.07) is 21.5. The summed E-state index contributed by atoms with van der Waals surface area (Å²) in [6.07, 6.45) is 1.03. The summed E-state index contributed by atoms with van der Waals surface area (Å²) in [5.74, 6) is -2.56. The van der Waals surface area contributed by atoms with Crippen LogP contribution in [0.5, 0.6) is 0 Å². The van der Waals surface area contributed by atoms with Crippen LogP contribution in [0.15, 0.2) is 84.9 Å². The fourth-order valence-electron chi connectivity index (χ4n) is 4.41. The molecule has 0 fully saturated rings. The standard InChI is InChI=1S/C29H26N2O7/c1-37-28(35)25(16-18-10-12-19(13-11-18)30-26(32)14-15-27(33)34)31-29(36)38-17-24-22-8-4-2-6-20(22)21-7-3-5-9-23(21)24/h2-15,24-25H,16-17H2,1H3,(H,30,32)(H,31,36)(H,33,34)/b15-14-/t25-/m0/s1. The van der Waals surface area contributed by atoms with Gasteiger partial charge in [0.1, 0.15) is 12.6 Å². The molecule has 0 spiro atoms. The minimum absolute atomic E-state index is 0.110. The first-order valence-corrected chi connectivity index (χ1v) is 11.9. The Balaban J connectivity index is 1.37. The van der Waals surface area contributed by atoms with E-state index in [1.807, 2.05) is 48.5 Å². The number of methoxy groups -OCH3 is 1. The van der Waals surface area contributed by atoms with E-state index in [-0.39, 0.29) is 18.9 Å². The summed E-state index contributed by atoms with van der Waals surface area (Å²) in [4.78, 5) is 47.3. The molecule has 3 N–H and O–H groups in total. The van der Waals surface area contributed by atoms with Crippen LogP contribution in [0.25, 0.3) is 11.1 Å². The van der Waals surface area contributed by atoms with Crippen molar-refractivity contribution >= 4 is 29.6 Å². The van der Waals surface area contributed by atoms with Crippen LogP contribution < -0.4 is 10.6 Å². The molecule has 1 aliphatic rings. The van der Waals surface area contributed by atoms with Crippen LogP contribution in [-0.2, 0) is 30.3 Å². The van der Waals surface area contributed by atoms with Crippen molar-refractivity contribution in [1.29, 1.82) is 0 Å². The van der Waals surface area contributed by atoms with Gasteiger partial charge in [-0.25, -0.2) is 14.4 Å². The Bertz CT molecular complexity index is 1340. The van der Waals surface area contributed by atoms with Gasteiger partial charge in [0.15, 0.2) is 0 Å². The number of alkyl carbamates (subject to hydrolysis) is 1. The van der Waals surface area contributed by atoms with Crippen LogP contribution in [0, 0.1) is 0 Å². The van der Waals surface area contributed by atoms with Gasteiger partial charge in [-0.05, 0) is 39.9 Å². The molecule has 194 valence electrons. The molecular formula is C29H26N2O7. The second kappa shape index (κ2) is 11.9. The fraction of sp³-hybridized carbons (Fsp3) is 0.172. The molecule has 0 radical (unpaired) electrons. The first-order chi connectivity index (χ1) is 18.4. The second-order valence-corrected chi connectivity index (χ2v) is 8.61. The quantitative estimate of drug-likeness (QED) is 0.292. The monoisotopic (exact) mass is 514 g/mol. The molecule has 2 amide bonds. The number of aliphatic carboxylic acids is 1. The van der Waals surface area contributed by atoms with Crippen LogP contribution >= 0.6 is 0 Å². The largest absolute Gasteiger partial charge is 0.478 e. The Kier molecular flexibility index (Phi) is 8.17. The Labute approximate surface area is 219 Å². The SMILES string of the molecule is COC(=O)[C@H](Cc1ccc(NC(=O)/C=C\C(=O)O)cc1)NC(=O)OCC1c2ccccc2-c2ccccc21. The van der Waals surface area contributed by atoms with E-state index in [1.165, 1.54) is 7.11 Å². The van der Waals surface area contributed by atoms with Crippen molar-refractivity contribution in [1.82, 2.24) is 5.32 Å². The number of amides is 2. The average Bonchev–Trinajstić information content (AvgIpc) is 3.24. The maximum atomic E-state index is 12.7. The molecule has 0 aliphatic heterocycles. The number of carbonyl (C=O) groups excluding carboxylic acids is 3. The number of carboxylic acids is 1. The van der Waals surface area contributed by atoms with Crippen molar-refractivity contribution in [2.45, 2.75) is 18.4 Å². The Morgan fingerprint density at radius 1 is 0.895 bits per heavy atom. The van der Waals surface area contributed by atoms with Crippen molar-refractivity contribution in [3.05, 3.63) is 102 Å². The molecule has 1 atom stereocenters. The number of nitrogens with one attached hydrogen (secondary N) is 2. The lowest BCUT2D eigenvalue weighted by Crippen LogP contribution is -2.43. The zero-order chi connectivity index (χ0) is 27.1. The highest BCUT2D eigenvalue weighted by molar-refractivity contribution is 6.02. The van der Waals surface area contributed by atoms with Gasteiger partial charge in [-0.1, -0.05) is 60.7 Å². The van der Waals surface area contributed by atoms with E-state index in [0.717, 1.165) is 34.4 Å². The molecule has 38 heavy (non-hydrogen) atoms. The smallest absolute Gasteiger partial charge is 0.407 e. The molecule has 0 saturated carbocycles. The molecule has 0 heterocycles. The van der Waals surface area contributed by atoms with E-state index in [1.54, 1.807) is 24.3 Å². The van der Waals surface area contributed by atoms with Gasteiger partial charge in [0, 0.05) is 30.2 Å². The Morgan fingerprint density at radius 2 is 1.50 bits per heavy atom. The normalized spacial score (nSPS) is 12.8. The minimum Gasteiger partial charge on any atom is -0.478 e. The van der Waals surface area contributed by atoms with Crippen molar-refractivity contribution in [3.8, 4) is 11.1 Å². The number of carbonyl (C=O) groups is 4. The highest BCUT2D eigenvalue weighted by Crippen LogP contribution is 2.44. The predicted molar refractivity (Wildman–Crippen MR) is 140 cm³/mol. The Morgan fingerprint density at radius 3 is 2.08 bits per heavy atom. The number of fused-ring (bicyclic) bond motifs is 3. The average molecular weight is 515 g/mol. The summed E-state index contributed by atoms with van der Waals surface area (Å²) in [5.41, 5.74) is 5.52. The lowest BCUT2D eigenvalue weighted by Gasteiger charge is -2.19. The van der Waals surface area contributed by atoms with Crippen LogP contribution in [0.4, 0.5) is 10.5 Å². The first kappa shape index (κ1) is 26.2. The maximum Gasteiger partial charge on any atom is 0.407 e. The summed E-state index contributed by atoms with van der Waals surface area (Å²) in [5, 5.41) is 13.7. The van der Waals surface area contributed by atoms with Crippen molar-refractivity contribution < 1.29 is 33.8 Å². The van der Waals surface area contributed by atoms with Crippen LogP contribution in [0.2, 0.25) is 0 Å². The highest BCUT2D eigenvalue weighted by atomic mass is 16.6. The van der Waals surface area contributed by atoms with E-state index in [9.17, 15) is 19.2 Å². The predicted octanol–water partition coefficient (Wildman–Crippen LogP) is 3.89. The van der Waals surface area contributed by atoms with Gasteiger partial charge in [0.25, 0.3) is 0 Å². The third-order valence-electron chi connectivity index (χ3n) is 6.16. The fourth-order valence-corrected chi connectivity index (χ4v) is 4.41. The summed E-state index contributed by atoms with van der Waals surface area (Å²) in [6.45, 7) is 0.110. The Hall–Kier alpha value is -4.92. The molecular weight excluding hydrogens is 488 g/mol. The number of carboxylic acid groups (broad SMARTS) is 1. The number of anilines is 1. The van der Waals surface area contributed by atoms with Crippen LogP contribution in [0.3, 0.4) is 0 Å². The molecule has 4 rings (SSSR count). The lowest BCUT2D eigenvalue weighted by atomic mass is 9.98. The highest BCUT2D eigenvalue weighted by Gasteiger charge is 2.30. The molecule has 0 aromatic heterocycles. The van der Waals surface area contributed by atoms with Gasteiger partial charge in [-0.2, -0.15) is 0 Å². The lowest BCUT2D eigenvalue weighted by molar-refractivity contribution is -0.143. The summed E-state index contributed by atoms with van der Waals surface area (Å²) >= 11 is 0. The third-order valence-corrected chi connectivity index (χ3v) is 6.16. The zero-order valence-electron chi connectivity index (χ0n) is 20.5. The molecule has 9 nitrogen and oxygen atoms in total. The molecule has 3 aromatic carbocycles. The molecule has 0 saturated heterocycles. The van der Waals surface area contributed by atoms with E-state index >= 15 is 0 Å². The molecule has 3 aromatic rings. The van der Waals surface area contributed by atoms with Gasteiger partial charge >= 0.3 is 18.0 Å². The van der Waals surface area contributed by atoms with E-state index in [0.29, 0.717) is 11.3 Å². The number of rotatable bonds is 9. The maximum absolute atomic E-state index is 12.7. The van der Waals surface area contributed by atoms with Gasteiger partial charge in [-0.15, -0.1) is 0 Å². The van der Waals surface area contributed by atoms with Gasteiger partial charge in [0.05, 0.1) is 7.11 Å². The zero-order valence-corrected chi connectivity index (χ0v) is 20.5. The number of hydrogen-bond donors (Lipinski definition) is 3. The molecule has 0 bridgehead atoms. The van der Waals surface area contributed by atoms with Gasteiger partial charge in [0.2, 0.25) is 5.91 Å². The van der Waals surface area contributed by atoms with Gasteiger partial charge < -0.3 is 25.2 Å². The molecule has 9 heteroatoms. The third kappa shape index (κ3) is 6.25. The van der Waals surface area contributed by atoms with Crippen molar-refractivity contribution in [2.24, 2.45) is 0 Å². The molecule has 0 unspecified atom stereocenters. The number of ether oxygens (including phenoxy) is 2. The number of benzene rings is 3. The topological polar surface area (TPSA) is 131 Å². The van der Waals surface area contributed by atoms with Crippen molar-refractivity contribution in [2.75, 3.05) is 19.0 Å². The summed E-state index contributed by atoms with van der Waals surface area (Å²) < 4.78 is 10.4. The van der Waals surface area contributed by atoms with E-state index in [2.05, 4.69) is 10.6 Å². The van der Waals surface area contributed by atoms with Crippen LogP contribution in [0.1, 0.15) is 22.6 Å². The molecule has 1 aliphatic carbocycles. The summed E-state index contributed by atoms with van der Waals surface area (Å²) in [7, 11) is 1.23. The van der Waals surface area contributed by atoms with E-state index < -0.39 is 30.0 Å².